The fourth-order valence-corrected chi connectivity index (χ4v) is 2.58. The average Bonchev–Trinajstić information content (AvgIpc) is 2.84. The first-order chi connectivity index (χ1) is 10.8. The first-order valence-corrected chi connectivity index (χ1v) is 6.72. The first kappa shape index (κ1) is 15.4. The zero-order valence-electron chi connectivity index (χ0n) is 11.3. The smallest absolute Gasteiger partial charge is 0.417 e. The van der Waals surface area contributed by atoms with Gasteiger partial charge in [-0.05, 0) is 12.1 Å². The lowest BCUT2D eigenvalue weighted by molar-refractivity contribution is -0.249. The topological polar surface area (TPSA) is 57.9 Å². The zero-order valence-corrected chi connectivity index (χ0v) is 12.0. The lowest BCUT2D eigenvalue weighted by atomic mass is 10.0. The van der Waals surface area contributed by atoms with Crippen LogP contribution in [-0.2, 0) is 6.18 Å². The number of hydrogen-bond acceptors (Lipinski definition) is 3. The summed E-state index contributed by atoms with van der Waals surface area (Å²) in [5.41, 5.74) is -1.25. The van der Waals surface area contributed by atoms with Gasteiger partial charge in [-0.2, -0.15) is 13.2 Å². The van der Waals surface area contributed by atoms with Crippen molar-refractivity contribution in [1.82, 2.24) is 9.55 Å². The van der Waals surface area contributed by atoms with Crippen LogP contribution in [0.5, 0.6) is 0 Å². The van der Waals surface area contributed by atoms with Gasteiger partial charge in [-0.15, -0.1) is 0 Å². The standard InChI is InChI=1S/C15H8ClF3N2O2/c16-13-6-11-8(7-20-13)5-12(21(11)14(22)23)9-3-1-2-4-10(9)15(17,18)19/h1-7H,(H,22,23)/p-1. The number of fused-ring (bicyclic) bond motifs is 1. The summed E-state index contributed by atoms with van der Waals surface area (Å²) in [4.78, 5) is 15.3. The molecule has 0 spiro atoms. The van der Waals surface area contributed by atoms with E-state index in [1.807, 2.05) is 0 Å². The van der Waals surface area contributed by atoms with Crippen molar-refractivity contribution in [3.05, 3.63) is 53.3 Å². The number of benzene rings is 1. The van der Waals surface area contributed by atoms with E-state index in [9.17, 15) is 23.1 Å². The molecule has 2 heterocycles. The summed E-state index contributed by atoms with van der Waals surface area (Å²) in [6.07, 6.45) is -4.99. The van der Waals surface area contributed by atoms with Crippen molar-refractivity contribution >= 4 is 28.6 Å². The molecule has 0 unspecified atom stereocenters. The number of aromatic nitrogens is 2. The largest absolute Gasteiger partial charge is 0.529 e. The zero-order chi connectivity index (χ0) is 16.8. The highest BCUT2D eigenvalue weighted by atomic mass is 35.5. The number of halogens is 4. The lowest BCUT2D eigenvalue weighted by Crippen LogP contribution is -2.29. The Kier molecular flexibility index (Phi) is 3.52. The molecule has 0 saturated heterocycles. The maximum absolute atomic E-state index is 13.2. The molecule has 0 amide bonds. The Morgan fingerprint density at radius 1 is 1.22 bits per heavy atom. The fraction of sp³-hybridized carbons (Fsp3) is 0.0667. The molecule has 0 aliphatic heterocycles. The van der Waals surface area contributed by atoms with Crippen LogP contribution in [0.15, 0.2) is 42.6 Å². The van der Waals surface area contributed by atoms with Crippen molar-refractivity contribution in [3.8, 4) is 11.3 Å². The highest BCUT2D eigenvalue weighted by Crippen LogP contribution is 2.38. The summed E-state index contributed by atoms with van der Waals surface area (Å²) in [6.45, 7) is 0. The summed E-state index contributed by atoms with van der Waals surface area (Å²) < 4.78 is 40.2. The number of carboxylic acid groups (broad SMARTS) is 1. The van der Waals surface area contributed by atoms with Gasteiger partial charge in [0.1, 0.15) is 11.2 Å². The van der Waals surface area contributed by atoms with Gasteiger partial charge in [-0.25, -0.2) is 4.98 Å². The number of carbonyl (C=O) groups is 1. The molecule has 0 bridgehead atoms. The SMILES string of the molecule is O=C([O-])n1c(-c2ccccc2C(F)(F)F)cc2cnc(Cl)cc21. The molecule has 0 atom stereocenters. The molecule has 0 radical (unpaired) electrons. The Morgan fingerprint density at radius 3 is 2.57 bits per heavy atom. The maximum Gasteiger partial charge on any atom is 0.417 e. The molecule has 0 aliphatic rings. The van der Waals surface area contributed by atoms with E-state index in [2.05, 4.69) is 4.98 Å². The van der Waals surface area contributed by atoms with Gasteiger partial charge in [0.05, 0.1) is 16.8 Å². The van der Waals surface area contributed by atoms with E-state index < -0.39 is 17.8 Å². The van der Waals surface area contributed by atoms with E-state index in [-0.39, 0.29) is 21.9 Å². The molecule has 3 rings (SSSR count). The van der Waals surface area contributed by atoms with E-state index in [1.165, 1.54) is 36.5 Å². The number of rotatable bonds is 1. The maximum atomic E-state index is 13.2. The van der Waals surface area contributed by atoms with E-state index in [4.69, 9.17) is 11.6 Å². The van der Waals surface area contributed by atoms with Crippen molar-refractivity contribution in [2.24, 2.45) is 0 Å². The van der Waals surface area contributed by atoms with E-state index in [0.717, 1.165) is 6.07 Å². The minimum Gasteiger partial charge on any atom is -0.529 e. The summed E-state index contributed by atoms with van der Waals surface area (Å²) in [5, 5.41) is 11.8. The monoisotopic (exact) mass is 339 g/mol. The van der Waals surface area contributed by atoms with Gasteiger partial charge < -0.3 is 9.90 Å². The van der Waals surface area contributed by atoms with Gasteiger partial charge in [0.25, 0.3) is 0 Å². The summed E-state index contributed by atoms with van der Waals surface area (Å²) in [7, 11) is 0. The van der Waals surface area contributed by atoms with Crippen molar-refractivity contribution in [3.63, 3.8) is 0 Å². The predicted octanol–water partition coefficient (Wildman–Crippen LogP) is 3.57. The summed E-state index contributed by atoms with van der Waals surface area (Å²) in [5.74, 6) is 0. The van der Waals surface area contributed by atoms with Crippen LogP contribution in [0, 0.1) is 0 Å². The van der Waals surface area contributed by atoms with E-state index in [1.54, 1.807) is 0 Å². The molecular formula is C15H7ClF3N2O2-. The van der Waals surface area contributed by atoms with E-state index in [0.29, 0.717) is 9.95 Å². The van der Waals surface area contributed by atoms with Crippen molar-refractivity contribution in [2.75, 3.05) is 0 Å². The van der Waals surface area contributed by atoms with Crippen LogP contribution in [-0.4, -0.2) is 15.6 Å². The van der Waals surface area contributed by atoms with Crippen molar-refractivity contribution < 1.29 is 23.1 Å². The Morgan fingerprint density at radius 2 is 1.91 bits per heavy atom. The third kappa shape index (κ3) is 2.63. The molecule has 3 aromatic rings. The molecule has 1 aromatic carbocycles. The van der Waals surface area contributed by atoms with Gasteiger partial charge in [-0.3, -0.25) is 4.57 Å². The van der Waals surface area contributed by atoms with Crippen LogP contribution in [0.25, 0.3) is 22.2 Å². The number of hydrogen-bond donors (Lipinski definition) is 0. The average molecular weight is 340 g/mol. The molecule has 118 valence electrons. The van der Waals surface area contributed by atoms with Crippen molar-refractivity contribution in [1.29, 1.82) is 0 Å². The van der Waals surface area contributed by atoms with Crippen LogP contribution < -0.4 is 5.11 Å². The minimum absolute atomic E-state index is 0.0220. The molecule has 8 heteroatoms. The predicted molar refractivity (Wildman–Crippen MR) is 76.0 cm³/mol. The minimum atomic E-state index is -4.63. The Hall–Kier alpha value is -2.54. The Balaban J connectivity index is 2.38. The molecule has 0 saturated carbocycles. The Labute approximate surface area is 132 Å². The third-order valence-corrected chi connectivity index (χ3v) is 3.55. The number of nitrogens with zero attached hydrogens (tertiary/aromatic N) is 2. The van der Waals surface area contributed by atoms with Crippen LogP contribution in [0.1, 0.15) is 5.56 Å². The van der Waals surface area contributed by atoms with Crippen LogP contribution >= 0.6 is 11.6 Å². The second kappa shape index (κ2) is 5.27. The van der Waals surface area contributed by atoms with Gasteiger partial charge in [0.2, 0.25) is 0 Å². The fourth-order valence-electron chi connectivity index (χ4n) is 2.43. The molecule has 4 nitrogen and oxygen atoms in total. The second-order valence-electron chi connectivity index (χ2n) is 4.74. The molecule has 0 fully saturated rings. The van der Waals surface area contributed by atoms with Gasteiger partial charge in [0, 0.05) is 23.2 Å². The lowest BCUT2D eigenvalue weighted by Gasteiger charge is -2.16. The highest BCUT2D eigenvalue weighted by molar-refractivity contribution is 6.30. The van der Waals surface area contributed by atoms with Crippen LogP contribution in [0.2, 0.25) is 5.15 Å². The van der Waals surface area contributed by atoms with Gasteiger partial charge in [0.15, 0.2) is 0 Å². The molecule has 0 aliphatic carbocycles. The first-order valence-electron chi connectivity index (χ1n) is 6.34. The van der Waals surface area contributed by atoms with Crippen LogP contribution in [0.4, 0.5) is 18.0 Å². The van der Waals surface area contributed by atoms with Gasteiger partial charge >= 0.3 is 6.18 Å². The number of alkyl halides is 3. The van der Waals surface area contributed by atoms with Gasteiger partial charge in [-0.1, -0.05) is 29.8 Å². The third-order valence-electron chi connectivity index (χ3n) is 3.34. The molecule has 2 aromatic heterocycles. The van der Waals surface area contributed by atoms with E-state index >= 15 is 0 Å². The molecular weight excluding hydrogens is 333 g/mol. The second-order valence-corrected chi connectivity index (χ2v) is 5.13. The van der Waals surface area contributed by atoms with Crippen molar-refractivity contribution in [2.45, 2.75) is 6.18 Å². The molecule has 0 N–H and O–H groups in total. The summed E-state index contributed by atoms with van der Waals surface area (Å²) >= 11 is 5.74. The Bertz CT molecular complexity index is 919. The number of carbonyl (C=O) groups excluding carboxylic acids is 1. The van der Waals surface area contributed by atoms with Crippen LogP contribution in [0.3, 0.4) is 0 Å². The highest BCUT2D eigenvalue weighted by Gasteiger charge is 2.34. The summed E-state index contributed by atoms with van der Waals surface area (Å²) in [6, 6.07) is 7.28. The molecule has 23 heavy (non-hydrogen) atoms. The quantitative estimate of drug-likeness (QED) is 0.637. The number of pyridine rings is 1. The normalized spacial score (nSPS) is 11.8.